The second-order valence-electron chi connectivity index (χ2n) is 4.01. The summed E-state index contributed by atoms with van der Waals surface area (Å²) in [5.41, 5.74) is 7.22. The van der Waals surface area contributed by atoms with E-state index >= 15 is 0 Å². The minimum absolute atomic E-state index is 0.00304. The van der Waals surface area contributed by atoms with E-state index in [1.807, 2.05) is 6.07 Å². The summed E-state index contributed by atoms with van der Waals surface area (Å²) in [5, 5.41) is 16.4. The van der Waals surface area contributed by atoms with Crippen LogP contribution in [-0.4, -0.2) is 27.6 Å². The van der Waals surface area contributed by atoms with Crippen molar-refractivity contribution in [1.82, 2.24) is 15.0 Å². The summed E-state index contributed by atoms with van der Waals surface area (Å²) >= 11 is 0. The predicted octanol–water partition coefficient (Wildman–Crippen LogP) is 0.957. The first-order chi connectivity index (χ1) is 9.65. The van der Waals surface area contributed by atoms with Crippen LogP contribution in [-0.2, 0) is 11.3 Å². The number of nitrogen functional groups attached to an aromatic ring is 1. The Hall–Kier alpha value is -2.88. The molecule has 0 aliphatic heterocycles. The number of hydrogen-bond donors (Lipinski definition) is 1. The van der Waals surface area contributed by atoms with Crippen LogP contribution >= 0.6 is 0 Å². The van der Waals surface area contributed by atoms with E-state index in [9.17, 15) is 4.79 Å². The molecule has 1 aromatic heterocycles. The van der Waals surface area contributed by atoms with Crippen molar-refractivity contribution in [3.8, 4) is 6.07 Å². The molecule has 0 saturated carbocycles. The van der Waals surface area contributed by atoms with E-state index in [-0.39, 0.29) is 18.1 Å². The van der Waals surface area contributed by atoms with Gasteiger partial charge in [0.05, 0.1) is 24.8 Å². The van der Waals surface area contributed by atoms with Crippen molar-refractivity contribution in [2.75, 3.05) is 12.3 Å². The lowest BCUT2D eigenvalue weighted by atomic mass is 10.1. The summed E-state index contributed by atoms with van der Waals surface area (Å²) in [5.74, 6) is -0.451. The molecule has 2 N–H and O–H groups in total. The van der Waals surface area contributed by atoms with Crippen LogP contribution in [0.25, 0.3) is 0 Å². The Kier molecular flexibility index (Phi) is 3.96. The number of aromatic nitrogens is 3. The number of benzene rings is 1. The van der Waals surface area contributed by atoms with Crippen LogP contribution in [0.15, 0.2) is 24.3 Å². The Bertz CT molecular complexity index is 672. The lowest BCUT2D eigenvalue weighted by Crippen LogP contribution is -2.10. The van der Waals surface area contributed by atoms with Crippen molar-refractivity contribution in [1.29, 1.82) is 5.26 Å². The van der Waals surface area contributed by atoms with Gasteiger partial charge in [0.1, 0.15) is 0 Å². The van der Waals surface area contributed by atoms with E-state index < -0.39 is 5.97 Å². The Morgan fingerprint density at radius 3 is 3.05 bits per heavy atom. The maximum atomic E-state index is 11.6. The Morgan fingerprint density at radius 1 is 1.55 bits per heavy atom. The van der Waals surface area contributed by atoms with Crippen LogP contribution in [0.5, 0.6) is 0 Å². The van der Waals surface area contributed by atoms with Crippen molar-refractivity contribution in [3.63, 3.8) is 0 Å². The summed E-state index contributed by atoms with van der Waals surface area (Å²) in [7, 11) is 0. The normalized spacial score (nSPS) is 10.0. The van der Waals surface area contributed by atoms with E-state index in [0.29, 0.717) is 12.1 Å². The summed E-state index contributed by atoms with van der Waals surface area (Å²) in [4.78, 5) is 11.6. The number of hydrogen-bond acceptors (Lipinski definition) is 6. The molecule has 0 aliphatic carbocycles. The van der Waals surface area contributed by atoms with Crippen LogP contribution in [0.4, 0.5) is 5.82 Å². The van der Waals surface area contributed by atoms with Crippen LogP contribution in [0.2, 0.25) is 0 Å². The third kappa shape index (κ3) is 2.75. The van der Waals surface area contributed by atoms with Crippen LogP contribution in [0.3, 0.4) is 0 Å². The van der Waals surface area contributed by atoms with Crippen LogP contribution in [0, 0.1) is 11.3 Å². The SMILES string of the molecule is CCOC(=O)c1nnn(Cc2cccc(C#N)c2)c1N. The number of ether oxygens (including phenoxy) is 1. The maximum absolute atomic E-state index is 11.6. The molecule has 0 bridgehead atoms. The van der Waals surface area contributed by atoms with Gasteiger partial charge in [0.25, 0.3) is 0 Å². The number of esters is 1. The monoisotopic (exact) mass is 271 g/mol. The molecule has 0 saturated heterocycles. The van der Waals surface area contributed by atoms with Crippen LogP contribution < -0.4 is 5.73 Å². The zero-order valence-electron chi connectivity index (χ0n) is 10.9. The number of nitriles is 1. The van der Waals surface area contributed by atoms with Gasteiger partial charge in [0, 0.05) is 0 Å². The van der Waals surface area contributed by atoms with E-state index in [1.165, 1.54) is 4.68 Å². The fourth-order valence-corrected chi connectivity index (χ4v) is 1.69. The van der Waals surface area contributed by atoms with Gasteiger partial charge in [-0.15, -0.1) is 5.10 Å². The van der Waals surface area contributed by atoms with Crippen molar-refractivity contribution in [3.05, 3.63) is 41.1 Å². The first kappa shape index (κ1) is 13.5. The second kappa shape index (κ2) is 5.84. The van der Waals surface area contributed by atoms with Gasteiger partial charge < -0.3 is 10.5 Å². The van der Waals surface area contributed by atoms with E-state index in [1.54, 1.807) is 25.1 Å². The first-order valence-corrected chi connectivity index (χ1v) is 6.00. The Balaban J connectivity index is 2.22. The van der Waals surface area contributed by atoms with Crippen molar-refractivity contribution in [2.24, 2.45) is 0 Å². The minimum Gasteiger partial charge on any atom is -0.461 e. The van der Waals surface area contributed by atoms with E-state index in [2.05, 4.69) is 16.4 Å². The molecule has 0 radical (unpaired) electrons. The molecule has 0 fully saturated rings. The zero-order chi connectivity index (χ0) is 14.5. The van der Waals surface area contributed by atoms with Gasteiger partial charge in [0.2, 0.25) is 5.69 Å². The molecule has 20 heavy (non-hydrogen) atoms. The largest absolute Gasteiger partial charge is 0.461 e. The van der Waals surface area contributed by atoms with Crippen molar-refractivity contribution < 1.29 is 9.53 Å². The standard InChI is InChI=1S/C13H13N5O2/c1-2-20-13(19)11-12(15)18(17-16-11)8-10-5-3-4-9(6-10)7-14/h3-6H,2,8,15H2,1H3. The number of anilines is 1. The molecule has 0 spiro atoms. The third-order valence-electron chi connectivity index (χ3n) is 2.63. The maximum Gasteiger partial charge on any atom is 0.362 e. The molecule has 2 rings (SSSR count). The van der Waals surface area contributed by atoms with Gasteiger partial charge in [0.15, 0.2) is 5.82 Å². The highest BCUT2D eigenvalue weighted by atomic mass is 16.5. The molecule has 2 aromatic rings. The molecule has 7 heteroatoms. The summed E-state index contributed by atoms with van der Waals surface area (Å²) in [6.07, 6.45) is 0. The highest BCUT2D eigenvalue weighted by Gasteiger charge is 2.18. The number of nitrogens with zero attached hydrogens (tertiary/aromatic N) is 4. The molecule has 1 heterocycles. The molecule has 0 unspecified atom stereocenters. The zero-order valence-corrected chi connectivity index (χ0v) is 10.9. The molecular weight excluding hydrogens is 258 g/mol. The summed E-state index contributed by atoms with van der Waals surface area (Å²) in [6.45, 7) is 2.27. The highest BCUT2D eigenvalue weighted by Crippen LogP contribution is 2.12. The first-order valence-electron chi connectivity index (χ1n) is 6.00. The molecule has 102 valence electrons. The lowest BCUT2D eigenvalue weighted by Gasteiger charge is -2.04. The summed E-state index contributed by atoms with van der Waals surface area (Å²) < 4.78 is 6.22. The highest BCUT2D eigenvalue weighted by molar-refractivity contribution is 5.91. The lowest BCUT2D eigenvalue weighted by molar-refractivity contribution is 0.0520. The fraction of sp³-hybridized carbons (Fsp3) is 0.231. The molecule has 0 amide bonds. The van der Waals surface area contributed by atoms with Gasteiger partial charge >= 0.3 is 5.97 Å². The van der Waals surface area contributed by atoms with Gasteiger partial charge in [-0.3, -0.25) is 0 Å². The number of rotatable bonds is 4. The smallest absolute Gasteiger partial charge is 0.362 e. The van der Waals surface area contributed by atoms with E-state index in [4.69, 9.17) is 15.7 Å². The number of carbonyl (C=O) groups is 1. The van der Waals surface area contributed by atoms with Gasteiger partial charge in [-0.25, -0.2) is 9.48 Å². The minimum atomic E-state index is -0.595. The van der Waals surface area contributed by atoms with E-state index in [0.717, 1.165) is 5.56 Å². The van der Waals surface area contributed by atoms with Crippen molar-refractivity contribution in [2.45, 2.75) is 13.5 Å². The van der Waals surface area contributed by atoms with Gasteiger partial charge in [-0.2, -0.15) is 5.26 Å². The number of carbonyl (C=O) groups excluding carboxylic acids is 1. The van der Waals surface area contributed by atoms with Crippen LogP contribution in [0.1, 0.15) is 28.5 Å². The Morgan fingerprint density at radius 2 is 2.35 bits per heavy atom. The average molecular weight is 271 g/mol. The molecule has 0 atom stereocenters. The van der Waals surface area contributed by atoms with Gasteiger partial charge in [-0.1, -0.05) is 17.3 Å². The third-order valence-corrected chi connectivity index (χ3v) is 2.63. The quantitative estimate of drug-likeness (QED) is 0.830. The molecule has 0 aliphatic rings. The van der Waals surface area contributed by atoms with Crippen molar-refractivity contribution >= 4 is 11.8 Å². The average Bonchev–Trinajstić information content (AvgIpc) is 2.81. The molecule has 1 aromatic carbocycles. The molecule has 7 nitrogen and oxygen atoms in total. The second-order valence-corrected chi connectivity index (χ2v) is 4.01. The topological polar surface area (TPSA) is 107 Å². The van der Waals surface area contributed by atoms with Gasteiger partial charge in [-0.05, 0) is 24.6 Å². The Labute approximate surface area is 115 Å². The summed E-state index contributed by atoms with van der Waals surface area (Å²) in [6, 6.07) is 9.10. The molecular formula is C13H13N5O2. The predicted molar refractivity (Wildman–Crippen MR) is 70.6 cm³/mol. The fourth-order valence-electron chi connectivity index (χ4n) is 1.69. The number of nitrogens with two attached hydrogens (primary N) is 1.